The Morgan fingerprint density at radius 1 is 0.441 bits per heavy atom. The van der Waals surface area contributed by atoms with Crippen molar-refractivity contribution < 1.29 is 16.4 Å². The van der Waals surface area contributed by atoms with Gasteiger partial charge in [-0.3, -0.25) is 0 Å². The quantitative estimate of drug-likeness (QED) is 0.113. The predicted octanol–water partition coefficient (Wildman–Crippen LogP) is 16.1. The van der Waals surface area contributed by atoms with Crippen molar-refractivity contribution in [1.82, 2.24) is 0 Å². The molecule has 8 aromatic carbocycles. The van der Waals surface area contributed by atoms with E-state index in [2.05, 4.69) is 230 Å². The van der Waals surface area contributed by atoms with E-state index in [1.165, 1.54) is 114 Å². The van der Waals surface area contributed by atoms with E-state index < -0.39 is 25.9 Å². The van der Waals surface area contributed by atoms with Crippen molar-refractivity contribution >= 4 is 52.3 Å². The summed E-state index contributed by atoms with van der Waals surface area (Å²) in [5.74, 6) is 0.800. The van der Waals surface area contributed by atoms with Crippen molar-refractivity contribution in [2.45, 2.75) is 61.6 Å². The van der Waals surface area contributed by atoms with Crippen LogP contribution in [0.4, 0.5) is 0 Å². The first-order valence-corrected chi connectivity index (χ1v) is 36.5. The summed E-state index contributed by atoms with van der Waals surface area (Å²) < 4.78 is 0.976. The minimum absolute atomic E-state index is 0.155. The number of rotatable bonds is 11. The van der Waals surface area contributed by atoms with Gasteiger partial charge in [0.1, 0.15) is 0 Å². The van der Waals surface area contributed by atoms with Crippen LogP contribution in [0.1, 0.15) is 81.2 Å². The fraction of sp³-hybridized carbons (Fsp3) is 0.188. The van der Waals surface area contributed by atoms with Crippen LogP contribution in [0.3, 0.4) is 0 Å². The number of benzene rings is 8. The second kappa shape index (κ2) is 17.7. The van der Waals surface area contributed by atoms with Crippen LogP contribution in [0.2, 0.25) is 0 Å². The standard InChI is InChI=1S/2C26H25.C12H9Si.2ClH.Zr/c2*1-18(2)15-20-16-22-14-13-19(3)26(25(22)17-20)24-12-8-7-11-23(24)21-9-5-4-6-10-21;1-3-7-11-9(5-1)10-6-2-4-8-12(10)13-11;;;/h2*4-14,16-18H,15H2,1-3H3;1-7H,13H2;2*1H;/q;;;;;+2/p-2. The van der Waals surface area contributed by atoms with Gasteiger partial charge in [0.05, 0.1) is 0 Å². The first-order valence-electron chi connectivity index (χ1n) is 24.7. The summed E-state index contributed by atoms with van der Waals surface area (Å²) >= 11 is -5.84. The fourth-order valence-electron chi connectivity index (χ4n) is 12.7. The molecule has 0 nitrogen and oxygen atoms in total. The molecule has 2 aliphatic carbocycles. The molecule has 1 aliphatic heterocycles. The number of aryl methyl sites for hydroxylation is 2. The van der Waals surface area contributed by atoms with Crippen molar-refractivity contribution in [3.63, 3.8) is 0 Å². The van der Waals surface area contributed by atoms with Crippen LogP contribution in [0.15, 0.2) is 187 Å². The molecule has 0 saturated carbocycles. The van der Waals surface area contributed by atoms with E-state index in [-0.39, 0.29) is 7.25 Å². The average Bonchev–Trinajstić information content (AvgIpc) is 4.03. The van der Waals surface area contributed by atoms with E-state index in [1.807, 2.05) is 0 Å². The van der Waals surface area contributed by atoms with Crippen molar-refractivity contribution in [3.05, 3.63) is 220 Å². The Hall–Kier alpha value is -5.08. The number of halogens is 2. The van der Waals surface area contributed by atoms with Crippen molar-refractivity contribution in [2.75, 3.05) is 0 Å². The van der Waals surface area contributed by atoms with Gasteiger partial charge < -0.3 is 0 Å². The summed E-state index contributed by atoms with van der Waals surface area (Å²) in [6.45, 7) is 14.0. The van der Waals surface area contributed by atoms with Gasteiger partial charge >= 0.3 is 418 Å². The first kappa shape index (κ1) is 45.4. The molecule has 11 rings (SSSR count). The second-order valence-corrected chi connectivity index (χ2v) is 43.1. The molecule has 0 radical (unpaired) electrons. The fourth-order valence-corrected chi connectivity index (χ4v) is 40.6. The van der Waals surface area contributed by atoms with Crippen molar-refractivity contribution in [3.8, 4) is 55.6 Å². The van der Waals surface area contributed by atoms with Gasteiger partial charge in [-0.1, -0.05) is 0 Å². The Morgan fingerprint density at radius 3 is 1.32 bits per heavy atom. The topological polar surface area (TPSA) is 0 Å². The van der Waals surface area contributed by atoms with Crippen LogP contribution in [-0.4, -0.2) is 9.52 Å². The van der Waals surface area contributed by atoms with Gasteiger partial charge in [-0.05, 0) is 0 Å². The van der Waals surface area contributed by atoms with Crippen LogP contribution in [-0.2, 0) is 16.4 Å². The Morgan fingerprint density at radius 2 is 0.853 bits per heavy atom. The zero-order valence-electron chi connectivity index (χ0n) is 40.1. The Bertz CT molecular complexity index is 3170. The summed E-state index contributed by atoms with van der Waals surface area (Å²) in [4.78, 5) is 0. The second-order valence-electron chi connectivity index (χ2n) is 20.7. The third kappa shape index (κ3) is 7.40. The third-order valence-electron chi connectivity index (χ3n) is 15.3. The molecule has 0 aromatic heterocycles. The Kier molecular flexibility index (Phi) is 11.8. The van der Waals surface area contributed by atoms with E-state index >= 15 is 0 Å². The van der Waals surface area contributed by atoms with Gasteiger partial charge in [-0.2, -0.15) is 0 Å². The van der Waals surface area contributed by atoms with Gasteiger partial charge in [0.25, 0.3) is 0 Å². The first-order chi connectivity index (χ1) is 32.9. The van der Waals surface area contributed by atoms with E-state index in [9.17, 15) is 17.0 Å². The monoisotopic (exact) mass is 1020 g/mol. The molecule has 0 fully saturated rings. The zero-order chi connectivity index (χ0) is 46.9. The molecule has 0 N–H and O–H groups in total. The van der Waals surface area contributed by atoms with Gasteiger partial charge in [0, 0.05) is 0 Å². The van der Waals surface area contributed by atoms with Crippen LogP contribution in [0.25, 0.3) is 67.8 Å². The molecular weight excluding hydrogens is 959 g/mol. The van der Waals surface area contributed by atoms with Gasteiger partial charge in [0.15, 0.2) is 0 Å². The number of fused-ring (bicyclic) bond motifs is 5. The zero-order valence-corrected chi connectivity index (χ0v) is 45.5. The van der Waals surface area contributed by atoms with Crippen LogP contribution >= 0.6 is 17.0 Å². The summed E-state index contributed by atoms with van der Waals surface area (Å²) in [6.07, 6.45) is 6.97. The molecule has 8 aromatic rings. The molecule has 68 heavy (non-hydrogen) atoms. The van der Waals surface area contributed by atoms with E-state index in [0.717, 1.165) is 12.8 Å². The predicted molar refractivity (Wildman–Crippen MR) is 295 cm³/mol. The van der Waals surface area contributed by atoms with E-state index in [0.29, 0.717) is 11.8 Å². The van der Waals surface area contributed by atoms with Crippen molar-refractivity contribution in [1.29, 1.82) is 0 Å². The summed E-state index contributed by atoms with van der Waals surface area (Å²) in [6, 6.07) is 65.5. The number of hydrogen-bond acceptors (Lipinski definition) is 0. The summed E-state index contributed by atoms with van der Waals surface area (Å²) in [5, 5.41) is 2.95. The van der Waals surface area contributed by atoms with Gasteiger partial charge in [0.2, 0.25) is 0 Å². The number of hydrogen-bond donors (Lipinski definition) is 0. The Labute approximate surface area is 414 Å². The van der Waals surface area contributed by atoms with E-state index in [4.69, 9.17) is 0 Å². The van der Waals surface area contributed by atoms with Gasteiger partial charge in [-0.15, -0.1) is 0 Å². The van der Waals surface area contributed by atoms with Gasteiger partial charge in [-0.25, -0.2) is 0 Å². The SMILES string of the molecule is Cc1ccc2c(c1-c1ccccc1-c1ccccc1)C=C(CC(C)C)[CH]2[Zr]([Cl])([Cl])([c]1cccc2c1[SiH2]c1ccccc1-2)[CH]1C(CC(C)C)=Cc2c1ccc(C)c2-c1ccccc1-c1ccccc1. The molecule has 0 bridgehead atoms. The molecule has 2 atom stereocenters. The number of allylic oxidation sites excluding steroid dienone is 2. The normalized spacial score (nSPS) is 16.8. The third-order valence-corrected chi connectivity index (χ3v) is 38.1. The maximum absolute atomic E-state index is 9.62. The average molecular weight is 1020 g/mol. The summed E-state index contributed by atoms with van der Waals surface area (Å²) in [5.41, 5.74) is 23.2. The Balaban J connectivity index is 1.23. The molecule has 1 heterocycles. The van der Waals surface area contributed by atoms with E-state index in [1.54, 1.807) is 0 Å². The molecule has 0 saturated heterocycles. The molecule has 0 spiro atoms. The molecule has 2 unspecified atom stereocenters. The van der Waals surface area contributed by atoms with Crippen LogP contribution in [0, 0.1) is 25.7 Å². The molecule has 4 heteroatoms. The minimum atomic E-state index is -5.84. The molecule has 337 valence electrons. The molecule has 0 amide bonds. The van der Waals surface area contributed by atoms with Crippen LogP contribution in [0.5, 0.6) is 0 Å². The molecular formula is C64H59Cl2SiZr. The molecule has 3 aliphatic rings. The van der Waals surface area contributed by atoms with Crippen molar-refractivity contribution in [2.24, 2.45) is 11.8 Å². The summed E-state index contributed by atoms with van der Waals surface area (Å²) in [7, 11) is 18.3. The van der Waals surface area contributed by atoms with Crippen LogP contribution < -0.4 is 13.6 Å². The maximum atomic E-state index is 9.62.